The molecule has 0 unspecified atom stereocenters. The van der Waals surface area contributed by atoms with Crippen LogP contribution in [0.5, 0.6) is 0 Å². The quantitative estimate of drug-likeness (QED) is 0.584. The van der Waals surface area contributed by atoms with Gasteiger partial charge < -0.3 is 10.2 Å². The highest BCUT2D eigenvalue weighted by molar-refractivity contribution is 6.00. The van der Waals surface area contributed by atoms with Crippen LogP contribution in [0.2, 0.25) is 0 Å². The van der Waals surface area contributed by atoms with Crippen LogP contribution in [0.3, 0.4) is 0 Å². The van der Waals surface area contributed by atoms with Crippen LogP contribution in [-0.2, 0) is 4.79 Å². The zero-order chi connectivity index (χ0) is 24.1. The Morgan fingerprint density at radius 3 is 2.32 bits per heavy atom. The third kappa shape index (κ3) is 5.51. The summed E-state index contributed by atoms with van der Waals surface area (Å²) in [6, 6.07) is 13.9. The number of benzene rings is 2. The predicted molar refractivity (Wildman–Crippen MR) is 129 cm³/mol. The fourth-order valence-electron chi connectivity index (χ4n) is 3.98. The molecule has 1 saturated heterocycles. The second-order valence-electron chi connectivity index (χ2n) is 8.60. The number of nitrogens with one attached hydrogen (secondary N) is 1. The molecule has 1 aromatic heterocycles. The Morgan fingerprint density at radius 2 is 1.68 bits per heavy atom. The Hall–Kier alpha value is -3.52. The maximum Gasteiger partial charge on any atom is 0.257 e. The fraction of sp³-hybridized carbons (Fsp3) is 0.346. The van der Waals surface area contributed by atoms with E-state index in [1.165, 1.54) is 12.1 Å². The molecule has 0 spiro atoms. The minimum absolute atomic E-state index is 0.0175. The van der Waals surface area contributed by atoms with Crippen molar-refractivity contribution in [1.82, 2.24) is 24.9 Å². The van der Waals surface area contributed by atoms with Crippen LogP contribution in [0.4, 0.5) is 4.39 Å². The molecular weight excluding hydrogens is 433 g/mol. The molecular formula is C26H30FN5O2. The van der Waals surface area contributed by atoms with Gasteiger partial charge in [-0.3, -0.25) is 14.5 Å². The summed E-state index contributed by atoms with van der Waals surface area (Å²) >= 11 is 0. The summed E-state index contributed by atoms with van der Waals surface area (Å²) in [6.07, 6.45) is 2.62. The molecule has 0 bridgehead atoms. The normalized spacial score (nSPS) is 14.3. The Kier molecular flexibility index (Phi) is 7.37. The number of halogens is 1. The van der Waals surface area contributed by atoms with Crippen LogP contribution in [-0.4, -0.2) is 70.7 Å². The van der Waals surface area contributed by atoms with Crippen molar-refractivity contribution in [3.8, 4) is 16.9 Å². The number of carbonyl (C=O) groups is 2. The van der Waals surface area contributed by atoms with Gasteiger partial charge in [-0.2, -0.15) is 5.10 Å². The van der Waals surface area contributed by atoms with Crippen LogP contribution in [0.15, 0.2) is 54.7 Å². The van der Waals surface area contributed by atoms with Crippen molar-refractivity contribution in [2.75, 3.05) is 39.3 Å². The van der Waals surface area contributed by atoms with Crippen molar-refractivity contribution in [1.29, 1.82) is 0 Å². The maximum atomic E-state index is 13.5. The second kappa shape index (κ2) is 10.6. The third-order valence-electron chi connectivity index (χ3n) is 5.96. The number of hydrogen-bond donors (Lipinski definition) is 1. The van der Waals surface area contributed by atoms with E-state index in [4.69, 9.17) is 5.10 Å². The molecule has 0 atom stereocenters. The van der Waals surface area contributed by atoms with Gasteiger partial charge in [0.25, 0.3) is 5.91 Å². The molecule has 1 aliphatic heterocycles. The first kappa shape index (κ1) is 23.6. The van der Waals surface area contributed by atoms with Gasteiger partial charge >= 0.3 is 0 Å². The number of aromatic nitrogens is 2. The lowest BCUT2D eigenvalue weighted by molar-refractivity contribution is -0.122. The molecule has 34 heavy (non-hydrogen) atoms. The Labute approximate surface area is 199 Å². The van der Waals surface area contributed by atoms with Crippen LogP contribution in [0.25, 0.3) is 16.9 Å². The summed E-state index contributed by atoms with van der Waals surface area (Å²) in [6.45, 7) is 7.40. The van der Waals surface area contributed by atoms with Crippen LogP contribution in [0, 0.1) is 12.7 Å². The van der Waals surface area contributed by atoms with Gasteiger partial charge in [-0.25, -0.2) is 9.07 Å². The molecule has 2 aromatic carbocycles. The molecule has 0 aliphatic carbocycles. The average Bonchev–Trinajstić information content (AvgIpc) is 3.29. The Morgan fingerprint density at radius 1 is 1.00 bits per heavy atom. The van der Waals surface area contributed by atoms with Crippen molar-refractivity contribution in [3.63, 3.8) is 0 Å². The van der Waals surface area contributed by atoms with E-state index in [-0.39, 0.29) is 17.6 Å². The van der Waals surface area contributed by atoms with Gasteiger partial charge in [0.05, 0.1) is 17.8 Å². The molecule has 0 saturated carbocycles. The minimum atomic E-state index is -0.327. The molecule has 2 amide bonds. The SMILES string of the molecule is CCCNC(=O)CN1CCN(C(=O)c2cn(-c3ccc(F)cc3)nc2-c2ccc(C)cc2)CC1. The molecule has 0 radical (unpaired) electrons. The van der Waals surface area contributed by atoms with E-state index >= 15 is 0 Å². The van der Waals surface area contributed by atoms with Crippen molar-refractivity contribution < 1.29 is 14.0 Å². The topological polar surface area (TPSA) is 70.5 Å². The lowest BCUT2D eigenvalue weighted by atomic mass is 10.1. The van der Waals surface area contributed by atoms with E-state index in [2.05, 4.69) is 10.2 Å². The summed E-state index contributed by atoms with van der Waals surface area (Å²) in [4.78, 5) is 29.4. The smallest absolute Gasteiger partial charge is 0.257 e. The monoisotopic (exact) mass is 463 g/mol. The van der Waals surface area contributed by atoms with E-state index in [1.807, 2.05) is 43.0 Å². The average molecular weight is 464 g/mol. The number of hydrogen-bond acceptors (Lipinski definition) is 4. The van der Waals surface area contributed by atoms with Crippen molar-refractivity contribution in [3.05, 3.63) is 71.7 Å². The zero-order valence-electron chi connectivity index (χ0n) is 19.6. The molecule has 3 aromatic rings. The first-order valence-corrected chi connectivity index (χ1v) is 11.7. The largest absolute Gasteiger partial charge is 0.355 e. The number of carbonyl (C=O) groups excluding carboxylic acids is 2. The van der Waals surface area contributed by atoms with E-state index < -0.39 is 0 Å². The maximum absolute atomic E-state index is 13.5. The Bertz CT molecular complexity index is 1130. The molecule has 178 valence electrons. The van der Waals surface area contributed by atoms with E-state index in [0.717, 1.165) is 17.5 Å². The third-order valence-corrected chi connectivity index (χ3v) is 5.96. The van der Waals surface area contributed by atoms with Gasteiger partial charge in [-0.1, -0.05) is 36.8 Å². The highest BCUT2D eigenvalue weighted by Gasteiger charge is 2.27. The molecule has 8 heteroatoms. The number of amides is 2. The summed E-state index contributed by atoms with van der Waals surface area (Å²) in [5, 5.41) is 7.59. The second-order valence-corrected chi connectivity index (χ2v) is 8.60. The summed E-state index contributed by atoms with van der Waals surface area (Å²) < 4.78 is 15.0. The first-order valence-electron chi connectivity index (χ1n) is 11.7. The number of piperazine rings is 1. The highest BCUT2D eigenvalue weighted by atomic mass is 19.1. The van der Waals surface area contributed by atoms with Crippen molar-refractivity contribution >= 4 is 11.8 Å². The van der Waals surface area contributed by atoms with Crippen LogP contribution < -0.4 is 5.32 Å². The molecule has 1 fully saturated rings. The first-order chi connectivity index (χ1) is 16.4. The fourth-order valence-corrected chi connectivity index (χ4v) is 3.98. The van der Waals surface area contributed by atoms with Crippen molar-refractivity contribution in [2.45, 2.75) is 20.3 Å². The van der Waals surface area contributed by atoms with Gasteiger partial charge in [0, 0.05) is 44.5 Å². The summed E-state index contributed by atoms with van der Waals surface area (Å²) in [5.41, 5.74) is 3.74. The van der Waals surface area contributed by atoms with E-state index in [1.54, 1.807) is 23.0 Å². The van der Waals surface area contributed by atoms with Gasteiger partial charge in [0.2, 0.25) is 5.91 Å². The van der Waals surface area contributed by atoms with Crippen molar-refractivity contribution in [2.24, 2.45) is 0 Å². The molecule has 1 aliphatic rings. The molecule has 1 N–H and O–H groups in total. The summed E-state index contributed by atoms with van der Waals surface area (Å²) in [5.74, 6) is -0.407. The summed E-state index contributed by atoms with van der Waals surface area (Å²) in [7, 11) is 0. The number of rotatable bonds is 7. The minimum Gasteiger partial charge on any atom is -0.355 e. The van der Waals surface area contributed by atoms with Crippen LogP contribution in [0.1, 0.15) is 29.3 Å². The standard InChI is InChI=1S/C26H30FN5O2/c1-3-12-28-24(33)18-30-13-15-31(16-14-30)26(34)23-17-32(22-10-8-21(27)9-11-22)29-25(23)20-6-4-19(2)5-7-20/h4-11,17H,3,12-16,18H2,1-2H3,(H,28,33). The predicted octanol–water partition coefficient (Wildman–Crippen LogP) is 3.27. The number of aryl methyl sites for hydroxylation is 1. The van der Waals surface area contributed by atoms with Gasteiger partial charge in [-0.05, 0) is 37.6 Å². The van der Waals surface area contributed by atoms with Crippen LogP contribution >= 0.6 is 0 Å². The molecule has 2 heterocycles. The lowest BCUT2D eigenvalue weighted by Crippen LogP contribution is -2.51. The number of nitrogens with zero attached hydrogens (tertiary/aromatic N) is 4. The molecule has 4 rings (SSSR count). The van der Waals surface area contributed by atoms with Gasteiger partial charge in [0.15, 0.2) is 0 Å². The van der Waals surface area contributed by atoms with Gasteiger partial charge in [-0.15, -0.1) is 0 Å². The lowest BCUT2D eigenvalue weighted by Gasteiger charge is -2.34. The zero-order valence-corrected chi connectivity index (χ0v) is 19.6. The van der Waals surface area contributed by atoms with E-state index in [9.17, 15) is 14.0 Å². The Balaban J connectivity index is 1.54. The van der Waals surface area contributed by atoms with E-state index in [0.29, 0.717) is 56.2 Å². The van der Waals surface area contributed by atoms with Gasteiger partial charge in [0.1, 0.15) is 11.5 Å². The molecule has 7 nitrogen and oxygen atoms in total. The highest BCUT2D eigenvalue weighted by Crippen LogP contribution is 2.26.